The van der Waals surface area contributed by atoms with Crippen molar-refractivity contribution < 1.29 is 4.74 Å². The molecule has 1 aliphatic carbocycles. The maximum atomic E-state index is 5.62. The molecule has 0 aliphatic heterocycles. The van der Waals surface area contributed by atoms with Gasteiger partial charge in [-0.1, -0.05) is 12.2 Å². The second kappa shape index (κ2) is 5.76. The smallest absolute Gasteiger partial charge is 0.119 e. The second-order valence-electron chi connectivity index (χ2n) is 4.80. The number of hydrogen-bond donors (Lipinski definition) is 1. The Bertz CT molecular complexity index is 367. The van der Waals surface area contributed by atoms with Gasteiger partial charge < -0.3 is 10.1 Å². The molecule has 1 unspecified atom stereocenters. The van der Waals surface area contributed by atoms with Crippen molar-refractivity contribution in [2.24, 2.45) is 0 Å². The SMILES string of the molecule is CC(C)Oc1ccc(NC2C=CCCC2)cc1. The monoisotopic (exact) mass is 231 g/mol. The predicted molar refractivity (Wildman–Crippen MR) is 72.6 cm³/mol. The van der Waals surface area contributed by atoms with Crippen LogP contribution in [0.1, 0.15) is 33.1 Å². The quantitative estimate of drug-likeness (QED) is 0.791. The van der Waals surface area contributed by atoms with Gasteiger partial charge in [0.25, 0.3) is 0 Å². The molecule has 0 fully saturated rings. The normalized spacial score (nSPS) is 19.4. The fourth-order valence-corrected chi connectivity index (χ4v) is 2.05. The molecule has 0 aromatic heterocycles. The van der Waals surface area contributed by atoms with Crippen LogP contribution in [0.4, 0.5) is 5.69 Å². The fourth-order valence-electron chi connectivity index (χ4n) is 2.05. The Hall–Kier alpha value is -1.44. The highest BCUT2D eigenvalue weighted by molar-refractivity contribution is 5.48. The van der Waals surface area contributed by atoms with Crippen LogP contribution in [0.25, 0.3) is 0 Å². The molecule has 1 N–H and O–H groups in total. The van der Waals surface area contributed by atoms with Gasteiger partial charge in [0.15, 0.2) is 0 Å². The van der Waals surface area contributed by atoms with Gasteiger partial charge in [-0.15, -0.1) is 0 Å². The lowest BCUT2D eigenvalue weighted by atomic mass is 10.0. The largest absolute Gasteiger partial charge is 0.491 e. The van der Waals surface area contributed by atoms with Crippen molar-refractivity contribution in [3.8, 4) is 5.75 Å². The molecule has 1 aromatic rings. The molecule has 0 amide bonds. The van der Waals surface area contributed by atoms with Gasteiger partial charge in [0.05, 0.1) is 6.10 Å². The Morgan fingerprint density at radius 3 is 2.59 bits per heavy atom. The topological polar surface area (TPSA) is 21.3 Å². The van der Waals surface area contributed by atoms with Crippen LogP contribution in [0.15, 0.2) is 36.4 Å². The highest BCUT2D eigenvalue weighted by atomic mass is 16.5. The lowest BCUT2D eigenvalue weighted by molar-refractivity contribution is 0.242. The molecular formula is C15H21NO. The van der Waals surface area contributed by atoms with Gasteiger partial charge in [-0.3, -0.25) is 0 Å². The molecular weight excluding hydrogens is 210 g/mol. The molecule has 2 nitrogen and oxygen atoms in total. The molecule has 2 heteroatoms. The summed E-state index contributed by atoms with van der Waals surface area (Å²) in [7, 11) is 0. The third-order valence-corrected chi connectivity index (χ3v) is 2.83. The number of hydrogen-bond acceptors (Lipinski definition) is 2. The van der Waals surface area contributed by atoms with Crippen LogP contribution < -0.4 is 10.1 Å². The molecule has 0 bridgehead atoms. The van der Waals surface area contributed by atoms with E-state index in [1.807, 2.05) is 26.0 Å². The van der Waals surface area contributed by atoms with E-state index < -0.39 is 0 Å². The summed E-state index contributed by atoms with van der Waals surface area (Å²) in [4.78, 5) is 0. The Balaban J connectivity index is 1.93. The maximum Gasteiger partial charge on any atom is 0.119 e. The van der Waals surface area contributed by atoms with Crippen molar-refractivity contribution in [2.75, 3.05) is 5.32 Å². The summed E-state index contributed by atoms with van der Waals surface area (Å²) in [6.45, 7) is 4.08. The van der Waals surface area contributed by atoms with Crippen LogP contribution in [-0.2, 0) is 0 Å². The molecule has 0 saturated heterocycles. The molecule has 1 atom stereocenters. The first-order chi connectivity index (χ1) is 8.24. The van der Waals surface area contributed by atoms with Crippen LogP contribution in [-0.4, -0.2) is 12.1 Å². The molecule has 2 rings (SSSR count). The van der Waals surface area contributed by atoms with Crippen molar-refractivity contribution in [3.05, 3.63) is 36.4 Å². The van der Waals surface area contributed by atoms with Gasteiger partial charge in [0.1, 0.15) is 5.75 Å². The molecule has 0 saturated carbocycles. The van der Waals surface area contributed by atoms with Crippen molar-refractivity contribution in [3.63, 3.8) is 0 Å². The minimum atomic E-state index is 0.232. The van der Waals surface area contributed by atoms with Crippen molar-refractivity contribution in [1.82, 2.24) is 0 Å². The molecule has 1 aliphatic rings. The van der Waals surface area contributed by atoms with E-state index in [4.69, 9.17) is 4.74 Å². The standard InChI is InChI=1S/C15H21NO/c1-12(2)17-15-10-8-14(9-11-15)16-13-6-4-3-5-7-13/h4,6,8-13,16H,3,5,7H2,1-2H3. The third kappa shape index (κ3) is 3.81. The first-order valence-electron chi connectivity index (χ1n) is 6.44. The van der Waals surface area contributed by atoms with Crippen molar-refractivity contribution in [1.29, 1.82) is 0 Å². The van der Waals surface area contributed by atoms with Crippen molar-refractivity contribution >= 4 is 5.69 Å². The zero-order valence-electron chi connectivity index (χ0n) is 10.6. The van der Waals surface area contributed by atoms with E-state index >= 15 is 0 Å². The predicted octanol–water partition coefficient (Wildman–Crippen LogP) is 3.99. The van der Waals surface area contributed by atoms with E-state index in [2.05, 4.69) is 29.6 Å². The van der Waals surface area contributed by atoms with E-state index in [1.54, 1.807) is 0 Å². The van der Waals surface area contributed by atoms with Gasteiger partial charge in [-0.25, -0.2) is 0 Å². The minimum Gasteiger partial charge on any atom is -0.491 e. The van der Waals surface area contributed by atoms with Crippen LogP contribution in [0, 0.1) is 0 Å². The van der Waals surface area contributed by atoms with E-state index in [0.717, 1.165) is 11.4 Å². The first-order valence-corrected chi connectivity index (χ1v) is 6.44. The summed E-state index contributed by atoms with van der Waals surface area (Å²) in [5.74, 6) is 0.935. The lowest BCUT2D eigenvalue weighted by Gasteiger charge is -2.19. The number of benzene rings is 1. The van der Waals surface area contributed by atoms with E-state index in [-0.39, 0.29) is 6.10 Å². The van der Waals surface area contributed by atoms with E-state index in [1.165, 1.54) is 19.3 Å². The summed E-state index contributed by atoms with van der Waals surface area (Å²) in [6, 6.07) is 8.70. The lowest BCUT2D eigenvalue weighted by Crippen LogP contribution is -2.18. The van der Waals surface area contributed by atoms with Gasteiger partial charge >= 0.3 is 0 Å². The Kier molecular flexibility index (Phi) is 4.08. The van der Waals surface area contributed by atoms with Gasteiger partial charge in [0, 0.05) is 11.7 Å². The number of allylic oxidation sites excluding steroid dienone is 1. The minimum absolute atomic E-state index is 0.232. The molecule has 0 spiro atoms. The van der Waals surface area contributed by atoms with Crippen LogP contribution in [0.5, 0.6) is 5.75 Å². The number of anilines is 1. The maximum absolute atomic E-state index is 5.62. The van der Waals surface area contributed by atoms with Gasteiger partial charge in [-0.05, 0) is 57.4 Å². The zero-order valence-corrected chi connectivity index (χ0v) is 10.6. The zero-order chi connectivity index (χ0) is 12.1. The summed E-state index contributed by atoms with van der Waals surface area (Å²) in [5, 5.41) is 3.52. The van der Waals surface area contributed by atoms with Gasteiger partial charge in [0.2, 0.25) is 0 Å². The van der Waals surface area contributed by atoms with Crippen LogP contribution in [0.3, 0.4) is 0 Å². The number of rotatable bonds is 4. The number of nitrogens with one attached hydrogen (secondary N) is 1. The summed E-state index contributed by atoms with van der Waals surface area (Å²) >= 11 is 0. The summed E-state index contributed by atoms with van der Waals surface area (Å²) in [5.41, 5.74) is 1.16. The Morgan fingerprint density at radius 1 is 1.24 bits per heavy atom. The van der Waals surface area contributed by atoms with Gasteiger partial charge in [-0.2, -0.15) is 0 Å². The third-order valence-electron chi connectivity index (χ3n) is 2.83. The number of ether oxygens (including phenoxy) is 1. The van der Waals surface area contributed by atoms with E-state index in [9.17, 15) is 0 Å². The van der Waals surface area contributed by atoms with Crippen LogP contribution >= 0.6 is 0 Å². The average molecular weight is 231 g/mol. The summed E-state index contributed by atoms with van der Waals surface area (Å²) in [6.07, 6.45) is 8.48. The summed E-state index contributed by atoms with van der Waals surface area (Å²) < 4.78 is 5.62. The van der Waals surface area contributed by atoms with E-state index in [0.29, 0.717) is 6.04 Å². The Morgan fingerprint density at radius 2 is 2.00 bits per heavy atom. The van der Waals surface area contributed by atoms with Crippen molar-refractivity contribution in [2.45, 2.75) is 45.3 Å². The Labute approximate surface area is 104 Å². The second-order valence-corrected chi connectivity index (χ2v) is 4.80. The average Bonchev–Trinajstić information content (AvgIpc) is 2.32. The van der Waals surface area contributed by atoms with Crippen LogP contribution in [0.2, 0.25) is 0 Å². The molecule has 92 valence electrons. The fraction of sp³-hybridized carbons (Fsp3) is 0.467. The highest BCUT2D eigenvalue weighted by Crippen LogP contribution is 2.20. The molecule has 0 radical (unpaired) electrons. The molecule has 1 aromatic carbocycles. The first kappa shape index (κ1) is 12.0. The highest BCUT2D eigenvalue weighted by Gasteiger charge is 2.07. The molecule has 17 heavy (non-hydrogen) atoms. The molecule has 0 heterocycles.